The number of rotatable bonds is 4. The lowest BCUT2D eigenvalue weighted by Crippen LogP contribution is -2.12. The Morgan fingerprint density at radius 3 is 1.95 bits per heavy atom. The number of benzene rings is 2. The normalized spacial score (nSPS) is 13.6. The van der Waals surface area contributed by atoms with E-state index in [9.17, 15) is 21.6 Å². The van der Waals surface area contributed by atoms with E-state index < -0.39 is 26.8 Å². The molecule has 6 heteroatoms. The molecule has 1 atom stereocenters. The number of alkyl halides is 3. The first-order chi connectivity index (χ1) is 10.3. The van der Waals surface area contributed by atoms with Gasteiger partial charge in [0.25, 0.3) is 0 Å². The van der Waals surface area contributed by atoms with Gasteiger partial charge in [-0.3, -0.25) is 0 Å². The summed E-state index contributed by atoms with van der Waals surface area (Å²) in [6, 6.07) is 11.8. The van der Waals surface area contributed by atoms with Crippen LogP contribution in [0.2, 0.25) is 0 Å². The average Bonchev–Trinajstić information content (AvgIpc) is 2.48. The van der Waals surface area contributed by atoms with Gasteiger partial charge >= 0.3 is 6.18 Å². The Labute approximate surface area is 126 Å². The second-order valence-electron chi connectivity index (χ2n) is 4.63. The van der Waals surface area contributed by atoms with Crippen LogP contribution in [0.15, 0.2) is 72.1 Å². The van der Waals surface area contributed by atoms with Crippen LogP contribution in [-0.4, -0.2) is 8.42 Å². The maximum Gasteiger partial charge on any atom is 0.416 e. The molecule has 0 heterocycles. The largest absolute Gasteiger partial charge is 0.416 e. The average molecular weight is 326 g/mol. The van der Waals surface area contributed by atoms with Crippen LogP contribution < -0.4 is 0 Å². The fourth-order valence-electron chi connectivity index (χ4n) is 2.06. The fraction of sp³-hybridized carbons (Fsp3) is 0.125. The summed E-state index contributed by atoms with van der Waals surface area (Å²) in [7, 11) is -3.75. The van der Waals surface area contributed by atoms with Crippen LogP contribution in [0.4, 0.5) is 13.2 Å². The molecule has 22 heavy (non-hydrogen) atoms. The SMILES string of the molecule is C=CC(c1ccc(C(F)(F)F)cc1)S(=O)(=O)c1ccccc1. The van der Waals surface area contributed by atoms with E-state index in [4.69, 9.17) is 0 Å². The molecular formula is C16H13F3O2S. The highest BCUT2D eigenvalue weighted by Crippen LogP contribution is 2.33. The summed E-state index contributed by atoms with van der Waals surface area (Å²) in [6.07, 6.45) is -3.24. The van der Waals surface area contributed by atoms with E-state index in [1.54, 1.807) is 18.2 Å². The van der Waals surface area contributed by atoms with Crippen molar-refractivity contribution >= 4 is 9.84 Å². The number of hydrogen-bond acceptors (Lipinski definition) is 2. The minimum absolute atomic E-state index is 0.0970. The molecule has 0 aromatic heterocycles. The molecule has 2 aromatic rings. The van der Waals surface area contributed by atoms with Crippen LogP contribution in [-0.2, 0) is 16.0 Å². The monoisotopic (exact) mass is 326 g/mol. The van der Waals surface area contributed by atoms with Gasteiger partial charge in [0.05, 0.1) is 10.5 Å². The number of halogens is 3. The third-order valence-corrected chi connectivity index (χ3v) is 5.25. The van der Waals surface area contributed by atoms with Crippen molar-refractivity contribution in [2.45, 2.75) is 16.3 Å². The Morgan fingerprint density at radius 2 is 1.50 bits per heavy atom. The zero-order valence-electron chi connectivity index (χ0n) is 11.4. The molecule has 0 radical (unpaired) electrons. The Morgan fingerprint density at radius 1 is 0.955 bits per heavy atom. The third-order valence-electron chi connectivity index (χ3n) is 3.19. The van der Waals surface area contributed by atoms with Gasteiger partial charge < -0.3 is 0 Å². The maximum atomic E-state index is 12.6. The topological polar surface area (TPSA) is 34.1 Å². The standard InChI is InChI=1S/C16H13F3O2S/c1-2-15(22(20,21)14-6-4-3-5-7-14)12-8-10-13(11-9-12)16(17,18)19/h2-11,15H,1H2. The zero-order valence-corrected chi connectivity index (χ0v) is 12.2. The molecule has 0 amide bonds. The Hall–Kier alpha value is -2.08. The van der Waals surface area contributed by atoms with Gasteiger partial charge in [0, 0.05) is 0 Å². The van der Waals surface area contributed by atoms with Gasteiger partial charge in [-0.15, -0.1) is 6.58 Å². The predicted octanol–water partition coefficient (Wildman–Crippen LogP) is 4.41. The van der Waals surface area contributed by atoms with E-state index in [0.717, 1.165) is 24.3 Å². The molecule has 2 rings (SSSR count). The molecule has 0 N–H and O–H groups in total. The van der Waals surface area contributed by atoms with Crippen LogP contribution in [0.3, 0.4) is 0 Å². The lowest BCUT2D eigenvalue weighted by Gasteiger charge is -2.15. The summed E-state index contributed by atoms with van der Waals surface area (Å²) in [6.45, 7) is 3.50. The van der Waals surface area contributed by atoms with Crippen molar-refractivity contribution in [3.63, 3.8) is 0 Å². The van der Waals surface area contributed by atoms with Crippen molar-refractivity contribution < 1.29 is 21.6 Å². The summed E-state index contributed by atoms with van der Waals surface area (Å²) in [5.41, 5.74) is -0.581. The Bertz CT molecular complexity index is 748. The van der Waals surface area contributed by atoms with Crippen LogP contribution >= 0.6 is 0 Å². The van der Waals surface area contributed by atoms with Crippen molar-refractivity contribution in [1.82, 2.24) is 0 Å². The van der Waals surface area contributed by atoms with E-state index in [2.05, 4.69) is 6.58 Å². The van der Waals surface area contributed by atoms with Gasteiger partial charge in [-0.25, -0.2) is 8.42 Å². The molecular weight excluding hydrogens is 313 g/mol. The Balaban J connectivity index is 2.43. The van der Waals surface area contributed by atoms with Crippen LogP contribution in [0.5, 0.6) is 0 Å². The lowest BCUT2D eigenvalue weighted by molar-refractivity contribution is -0.137. The number of sulfone groups is 1. The predicted molar refractivity (Wildman–Crippen MR) is 78.0 cm³/mol. The first-order valence-corrected chi connectivity index (χ1v) is 7.90. The molecule has 1 unspecified atom stereocenters. The smallest absolute Gasteiger partial charge is 0.223 e. The molecule has 0 aliphatic rings. The number of hydrogen-bond donors (Lipinski definition) is 0. The van der Waals surface area contributed by atoms with Crippen molar-refractivity contribution in [1.29, 1.82) is 0 Å². The molecule has 0 saturated carbocycles. The molecule has 2 aromatic carbocycles. The van der Waals surface area contributed by atoms with Gasteiger partial charge in [0.1, 0.15) is 5.25 Å². The van der Waals surface area contributed by atoms with Gasteiger partial charge in [0.15, 0.2) is 9.84 Å². The quantitative estimate of drug-likeness (QED) is 0.780. The first kappa shape index (κ1) is 16.3. The molecule has 116 valence electrons. The van der Waals surface area contributed by atoms with Crippen molar-refractivity contribution in [2.24, 2.45) is 0 Å². The molecule has 0 aliphatic carbocycles. The minimum atomic E-state index is -4.46. The van der Waals surface area contributed by atoms with Crippen LogP contribution in [0, 0.1) is 0 Å². The second kappa shape index (κ2) is 5.96. The Kier molecular flexibility index (Phi) is 4.42. The van der Waals surface area contributed by atoms with Crippen molar-refractivity contribution in [2.75, 3.05) is 0 Å². The summed E-state index contributed by atoms with van der Waals surface area (Å²) in [5.74, 6) is 0. The van der Waals surface area contributed by atoms with Gasteiger partial charge in [0.2, 0.25) is 0 Å². The summed E-state index contributed by atoms with van der Waals surface area (Å²) >= 11 is 0. The summed E-state index contributed by atoms with van der Waals surface area (Å²) in [5, 5.41) is -1.10. The highest BCUT2D eigenvalue weighted by molar-refractivity contribution is 7.91. The van der Waals surface area contributed by atoms with Crippen LogP contribution in [0.25, 0.3) is 0 Å². The molecule has 0 saturated heterocycles. The molecule has 0 fully saturated rings. The zero-order chi connectivity index (χ0) is 16.4. The van der Waals surface area contributed by atoms with E-state index >= 15 is 0 Å². The van der Waals surface area contributed by atoms with Crippen molar-refractivity contribution in [3.05, 3.63) is 78.4 Å². The lowest BCUT2D eigenvalue weighted by atomic mass is 10.1. The van der Waals surface area contributed by atoms with Gasteiger partial charge in [-0.2, -0.15) is 13.2 Å². The van der Waals surface area contributed by atoms with E-state index in [0.29, 0.717) is 0 Å². The fourth-order valence-corrected chi connectivity index (χ4v) is 3.66. The van der Waals surface area contributed by atoms with Crippen LogP contribution in [0.1, 0.15) is 16.4 Å². The van der Waals surface area contributed by atoms with E-state index in [-0.39, 0.29) is 10.5 Å². The summed E-state index contributed by atoms with van der Waals surface area (Å²) < 4.78 is 62.8. The molecule has 0 bridgehead atoms. The first-order valence-electron chi connectivity index (χ1n) is 6.35. The van der Waals surface area contributed by atoms with E-state index in [1.165, 1.54) is 18.2 Å². The van der Waals surface area contributed by atoms with E-state index in [1.807, 2.05) is 0 Å². The molecule has 0 spiro atoms. The molecule has 0 aliphatic heterocycles. The highest BCUT2D eigenvalue weighted by Gasteiger charge is 2.31. The molecule has 2 nitrogen and oxygen atoms in total. The minimum Gasteiger partial charge on any atom is -0.223 e. The second-order valence-corrected chi connectivity index (χ2v) is 6.70. The maximum absolute atomic E-state index is 12.6. The van der Waals surface area contributed by atoms with Crippen molar-refractivity contribution in [3.8, 4) is 0 Å². The highest BCUT2D eigenvalue weighted by atomic mass is 32.2. The third kappa shape index (κ3) is 3.22. The summed E-state index contributed by atoms with van der Waals surface area (Å²) in [4.78, 5) is 0.0970. The van der Waals surface area contributed by atoms with Gasteiger partial charge in [-0.05, 0) is 29.8 Å². The van der Waals surface area contributed by atoms with Gasteiger partial charge in [-0.1, -0.05) is 36.4 Å².